The molecule has 0 atom stereocenters. The zero-order chi connectivity index (χ0) is 23.2. The lowest BCUT2D eigenvalue weighted by Gasteiger charge is -2.11. The van der Waals surface area contributed by atoms with Crippen molar-refractivity contribution in [2.45, 2.75) is 18.4 Å². The van der Waals surface area contributed by atoms with Crippen LogP contribution in [0.5, 0.6) is 0 Å². The van der Waals surface area contributed by atoms with Crippen molar-refractivity contribution < 1.29 is 18.3 Å². The number of carbonyl (C=O) groups is 1. The molecular weight excluding hydrogens is 442 g/mol. The highest BCUT2D eigenvalue weighted by Crippen LogP contribution is 2.15. The molecule has 0 unspecified atom stereocenters. The minimum Gasteiger partial charge on any atom is -0.477 e. The Balaban J connectivity index is 2.39. The first-order valence-corrected chi connectivity index (χ1v) is 11.5. The van der Waals surface area contributed by atoms with Crippen molar-refractivity contribution >= 4 is 44.8 Å². The fourth-order valence-electron chi connectivity index (χ4n) is 2.57. The van der Waals surface area contributed by atoms with Crippen LogP contribution in [0.2, 0.25) is 0 Å². The Hall–Kier alpha value is -2.98. The molecule has 12 heteroatoms. The number of carboxylic acids is 1. The normalized spacial score (nSPS) is 13.2. The van der Waals surface area contributed by atoms with Crippen molar-refractivity contribution in [3.63, 3.8) is 0 Å². The van der Waals surface area contributed by atoms with Crippen LogP contribution in [0.25, 0.3) is 11.8 Å². The number of carboxylic acid groups (broad SMARTS) is 1. The summed E-state index contributed by atoms with van der Waals surface area (Å²) < 4.78 is 28.9. The van der Waals surface area contributed by atoms with E-state index in [1.165, 1.54) is 22.9 Å². The molecule has 0 aliphatic heterocycles. The second-order valence-electron chi connectivity index (χ2n) is 6.63. The molecule has 2 rings (SSSR count). The standard InChI is InChI=1S/C19H23N5O5S2/c1-4-24-17(25)16(30-18(24)15(11-20)19(26)27)12-21-13-6-5-7-14(10-13)31(28,29)22-8-9-23(2)3/h5-7,10,12,21-22H,4,8-9H2,1-3H3,(H,26,27). The van der Waals surface area contributed by atoms with Gasteiger partial charge in [-0.05, 0) is 39.2 Å². The smallest absolute Gasteiger partial charge is 0.349 e. The summed E-state index contributed by atoms with van der Waals surface area (Å²) in [6, 6.07) is 7.68. The molecule has 1 aromatic heterocycles. The Morgan fingerprint density at radius 3 is 2.68 bits per heavy atom. The van der Waals surface area contributed by atoms with E-state index >= 15 is 0 Å². The van der Waals surface area contributed by atoms with Crippen molar-refractivity contribution in [3.8, 4) is 6.07 Å². The van der Waals surface area contributed by atoms with Gasteiger partial charge in [-0.25, -0.2) is 17.9 Å². The van der Waals surface area contributed by atoms with Gasteiger partial charge in [0.1, 0.15) is 15.3 Å². The summed E-state index contributed by atoms with van der Waals surface area (Å²) in [6.07, 6.45) is 1.37. The minimum atomic E-state index is -3.70. The summed E-state index contributed by atoms with van der Waals surface area (Å²) in [4.78, 5) is 25.8. The molecule has 10 nitrogen and oxygen atoms in total. The number of thiazole rings is 1. The molecule has 0 spiro atoms. The van der Waals surface area contributed by atoms with E-state index in [4.69, 9.17) is 5.26 Å². The van der Waals surface area contributed by atoms with Crippen LogP contribution in [0.15, 0.2) is 34.0 Å². The first kappa shape index (κ1) is 24.3. The Kier molecular flexibility index (Phi) is 8.12. The number of nitrogens with zero attached hydrogens (tertiary/aromatic N) is 3. The van der Waals surface area contributed by atoms with E-state index in [1.54, 1.807) is 25.1 Å². The number of sulfonamides is 1. The molecule has 0 aliphatic carbocycles. The molecule has 0 aliphatic rings. The topological polar surface area (TPSA) is 145 Å². The quantitative estimate of drug-likeness (QED) is 0.444. The number of hydrogen-bond donors (Lipinski definition) is 3. The Labute approximate surface area is 183 Å². The van der Waals surface area contributed by atoms with Crippen LogP contribution in [0.1, 0.15) is 6.92 Å². The predicted octanol–water partition coefficient (Wildman–Crippen LogP) is -0.621. The molecule has 31 heavy (non-hydrogen) atoms. The van der Waals surface area contributed by atoms with Crippen LogP contribution in [0.3, 0.4) is 0 Å². The van der Waals surface area contributed by atoms with Crippen LogP contribution >= 0.6 is 11.3 Å². The van der Waals surface area contributed by atoms with Crippen LogP contribution in [0.4, 0.5) is 5.69 Å². The van der Waals surface area contributed by atoms with Gasteiger partial charge < -0.3 is 15.3 Å². The van der Waals surface area contributed by atoms with E-state index in [1.807, 2.05) is 19.0 Å². The SMILES string of the molecule is CCn1c(=C(C#N)C(=O)O)sc(=CNc2cccc(S(=O)(=O)NCCN(C)C)c2)c1=O. The monoisotopic (exact) mass is 465 g/mol. The Morgan fingerprint density at radius 1 is 1.39 bits per heavy atom. The Morgan fingerprint density at radius 2 is 2.10 bits per heavy atom. The van der Waals surface area contributed by atoms with Gasteiger partial charge in [-0.3, -0.25) is 9.36 Å². The van der Waals surface area contributed by atoms with Crippen LogP contribution < -0.4 is 24.8 Å². The van der Waals surface area contributed by atoms with E-state index in [9.17, 15) is 23.1 Å². The number of anilines is 1. The molecule has 166 valence electrons. The predicted molar refractivity (Wildman–Crippen MR) is 118 cm³/mol. The fraction of sp³-hybridized carbons (Fsp3) is 0.316. The molecule has 3 N–H and O–H groups in total. The summed E-state index contributed by atoms with van der Waals surface area (Å²) in [5.41, 5.74) is -0.533. The Bertz CT molecular complexity index is 1290. The molecule has 2 aromatic rings. The number of nitrogens with one attached hydrogen (secondary N) is 2. The summed E-state index contributed by atoms with van der Waals surface area (Å²) in [6.45, 7) is 2.68. The number of rotatable bonds is 9. The highest BCUT2D eigenvalue weighted by Gasteiger charge is 2.15. The third-order valence-corrected chi connectivity index (χ3v) is 6.72. The number of aromatic nitrogens is 1. The van der Waals surface area contributed by atoms with Gasteiger partial charge >= 0.3 is 5.97 Å². The molecule has 0 bridgehead atoms. The van der Waals surface area contributed by atoms with E-state index in [0.29, 0.717) is 12.2 Å². The van der Waals surface area contributed by atoms with Gasteiger partial charge in [0, 0.05) is 31.5 Å². The summed E-state index contributed by atoms with van der Waals surface area (Å²) >= 11 is 0.871. The second kappa shape index (κ2) is 10.4. The molecule has 0 fully saturated rings. The van der Waals surface area contributed by atoms with Crippen molar-refractivity contribution in [2.75, 3.05) is 32.5 Å². The lowest BCUT2D eigenvalue weighted by molar-refractivity contribution is -0.130. The first-order valence-electron chi connectivity index (χ1n) is 9.19. The average molecular weight is 466 g/mol. The van der Waals surface area contributed by atoms with Gasteiger partial charge in [-0.2, -0.15) is 5.26 Å². The van der Waals surface area contributed by atoms with E-state index in [2.05, 4.69) is 10.0 Å². The van der Waals surface area contributed by atoms with Gasteiger partial charge in [0.2, 0.25) is 10.0 Å². The maximum Gasteiger partial charge on any atom is 0.349 e. The van der Waals surface area contributed by atoms with E-state index in [-0.39, 0.29) is 27.2 Å². The fourth-order valence-corrected chi connectivity index (χ4v) is 4.72. The molecule has 0 amide bonds. The highest BCUT2D eigenvalue weighted by atomic mass is 32.2. The third-order valence-electron chi connectivity index (χ3n) is 4.13. The minimum absolute atomic E-state index is 0.0528. The first-order chi connectivity index (χ1) is 14.6. The van der Waals surface area contributed by atoms with Gasteiger partial charge in [0.25, 0.3) is 5.56 Å². The maximum atomic E-state index is 12.6. The molecule has 0 saturated carbocycles. The third kappa shape index (κ3) is 6.02. The highest BCUT2D eigenvalue weighted by molar-refractivity contribution is 7.89. The number of likely N-dealkylation sites (N-methyl/N-ethyl adjacent to an activating group) is 1. The maximum absolute atomic E-state index is 12.6. The van der Waals surface area contributed by atoms with Gasteiger partial charge in [-0.1, -0.05) is 6.07 Å². The number of benzene rings is 1. The zero-order valence-electron chi connectivity index (χ0n) is 17.2. The number of hydrogen-bond acceptors (Lipinski definition) is 8. The number of aliphatic carboxylic acids is 1. The van der Waals surface area contributed by atoms with Crippen molar-refractivity contribution in [3.05, 3.63) is 43.8 Å². The molecule has 1 heterocycles. The largest absolute Gasteiger partial charge is 0.477 e. The molecular formula is C19H23N5O5S2. The zero-order valence-corrected chi connectivity index (χ0v) is 18.9. The molecule has 0 radical (unpaired) electrons. The van der Waals surface area contributed by atoms with Crippen LogP contribution in [-0.2, 0) is 21.4 Å². The van der Waals surface area contributed by atoms with Crippen LogP contribution in [-0.4, -0.2) is 56.1 Å². The lowest BCUT2D eigenvalue weighted by Crippen LogP contribution is -2.32. The van der Waals surface area contributed by atoms with Gasteiger partial charge in [-0.15, -0.1) is 11.3 Å². The van der Waals surface area contributed by atoms with Crippen molar-refractivity contribution in [1.29, 1.82) is 5.26 Å². The molecule has 1 aromatic carbocycles. The lowest BCUT2D eigenvalue weighted by atomic mass is 10.3. The number of nitriles is 1. The molecule has 0 saturated heterocycles. The average Bonchev–Trinajstić information content (AvgIpc) is 3.01. The summed E-state index contributed by atoms with van der Waals surface area (Å²) in [7, 11) is -0.0222. The van der Waals surface area contributed by atoms with Gasteiger partial charge in [0.05, 0.1) is 4.90 Å². The second-order valence-corrected chi connectivity index (χ2v) is 9.43. The van der Waals surface area contributed by atoms with E-state index < -0.39 is 27.1 Å². The van der Waals surface area contributed by atoms with Crippen molar-refractivity contribution in [2.24, 2.45) is 0 Å². The van der Waals surface area contributed by atoms with Crippen molar-refractivity contribution in [1.82, 2.24) is 14.2 Å². The summed E-state index contributed by atoms with van der Waals surface area (Å²) in [5.74, 6) is -1.41. The summed E-state index contributed by atoms with van der Waals surface area (Å²) in [5, 5.41) is 21.2. The van der Waals surface area contributed by atoms with E-state index in [0.717, 1.165) is 11.3 Å². The van der Waals surface area contributed by atoms with Gasteiger partial charge in [0.15, 0.2) is 5.57 Å². The van der Waals surface area contributed by atoms with Crippen LogP contribution in [0, 0.1) is 11.3 Å².